The molecular weight excluding hydrogens is 238 g/mol. The molecule has 0 spiro atoms. The van der Waals surface area contributed by atoms with Gasteiger partial charge in [-0.25, -0.2) is 0 Å². The number of aromatic hydroxyl groups is 1. The van der Waals surface area contributed by atoms with Crippen molar-refractivity contribution in [1.82, 2.24) is 5.32 Å². The molecule has 0 aliphatic rings. The van der Waals surface area contributed by atoms with Crippen molar-refractivity contribution in [3.05, 3.63) is 33.9 Å². The number of hydrogen-bond donors (Lipinski definition) is 2. The maximum Gasteiger partial charge on any atom is 0.273 e. The third-order valence-electron chi connectivity index (χ3n) is 2.21. The van der Waals surface area contributed by atoms with Crippen molar-refractivity contribution in [2.24, 2.45) is 0 Å². The van der Waals surface area contributed by atoms with Crippen LogP contribution in [0.3, 0.4) is 0 Å². The van der Waals surface area contributed by atoms with Gasteiger partial charge in [-0.05, 0) is 13.0 Å². The van der Waals surface area contributed by atoms with E-state index in [1.165, 1.54) is 6.07 Å². The average molecular weight is 249 g/mol. The summed E-state index contributed by atoms with van der Waals surface area (Å²) in [6, 6.07) is 4.74. The molecule has 0 fully saturated rings. The quantitative estimate of drug-likeness (QED) is 0.616. The van der Waals surface area contributed by atoms with Crippen molar-refractivity contribution in [3.63, 3.8) is 0 Å². The molecule has 7 heteroatoms. The van der Waals surface area contributed by atoms with Crippen LogP contribution in [0.2, 0.25) is 0 Å². The highest BCUT2D eigenvalue weighted by molar-refractivity contribution is 5.97. The molecule has 1 aromatic rings. The van der Waals surface area contributed by atoms with E-state index < -0.39 is 16.6 Å². The van der Waals surface area contributed by atoms with E-state index in [1.807, 2.05) is 6.07 Å². The van der Waals surface area contributed by atoms with Gasteiger partial charge in [0.15, 0.2) is 0 Å². The van der Waals surface area contributed by atoms with Gasteiger partial charge in [-0.15, -0.1) is 0 Å². The number of carbonyl (C=O) groups is 1. The fraction of sp³-hybridized carbons (Fsp3) is 0.273. The average Bonchev–Trinajstić information content (AvgIpc) is 2.28. The minimum Gasteiger partial charge on any atom is -0.507 e. The summed E-state index contributed by atoms with van der Waals surface area (Å²) >= 11 is 0. The maximum atomic E-state index is 11.7. The summed E-state index contributed by atoms with van der Waals surface area (Å²) in [6.07, 6.45) is 0.138. The molecule has 1 rings (SSSR count). The Hall–Kier alpha value is -2.62. The van der Waals surface area contributed by atoms with Gasteiger partial charge in [-0.3, -0.25) is 14.9 Å². The number of non-ortho nitro benzene ring substituents is 1. The van der Waals surface area contributed by atoms with Gasteiger partial charge in [-0.1, -0.05) is 0 Å². The maximum absolute atomic E-state index is 11.7. The van der Waals surface area contributed by atoms with Gasteiger partial charge in [-0.2, -0.15) is 5.26 Å². The minimum atomic E-state index is -0.667. The molecule has 0 heterocycles. The number of phenols is 1. The number of benzene rings is 1. The van der Waals surface area contributed by atoms with E-state index in [-0.39, 0.29) is 23.7 Å². The molecule has 0 aliphatic carbocycles. The number of nitro groups is 1. The van der Waals surface area contributed by atoms with E-state index in [0.29, 0.717) is 0 Å². The molecule has 18 heavy (non-hydrogen) atoms. The first-order valence-corrected chi connectivity index (χ1v) is 5.11. The lowest BCUT2D eigenvalue weighted by atomic mass is 10.1. The highest BCUT2D eigenvalue weighted by Gasteiger charge is 2.16. The molecule has 0 radical (unpaired) electrons. The van der Waals surface area contributed by atoms with E-state index in [1.54, 1.807) is 6.92 Å². The summed E-state index contributed by atoms with van der Waals surface area (Å²) in [5.74, 6) is -1.05. The van der Waals surface area contributed by atoms with Crippen LogP contribution in [0, 0.1) is 21.4 Å². The number of rotatable bonds is 4. The number of amides is 1. The zero-order valence-electron chi connectivity index (χ0n) is 9.58. The molecular formula is C11H11N3O4. The van der Waals surface area contributed by atoms with Crippen LogP contribution in [-0.2, 0) is 0 Å². The Morgan fingerprint density at radius 1 is 1.67 bits per heavy atom. The molecule has 1 aromatic carbocycles. The van der Waals surface area contributed by atoms with Crippen molar-refractivity contribution in [2.75, 3.05) is 0 Å². The number of nitriles is 1. The first-order valence-electron chi connectivity index (χ1n) is 5.11. The molecule has 7 nitrogen and oxygen atoms in total. The molecule has 1 atom stereocenters. The Labute approximate surface area is 103 Å². The molecule has 0 saturated heterocycles. The predicted molar refractivity (Wildman–Crippen MR) is 61.9 cm³/mol. The highest BCUT2D eigenvalue weighted by atomic mass is 16.6. The van der Waals surface area contributed by atoms with Crippen LogP contribution in [0.25, 0.3) is 0 Å². The summed E-state index contributed by atoms with van der Waals surface area (Å²) in [6.45, 7) is 1.64. The van der Waals surface area contributed by atoms with Gasteiger partial charge in [0.2, 0.25) is 0 Å². The number of carbonyl (C=O) groups excluding carboxylic acids is 1. The molecule has 0 aliphatic heterocycles. The second kappa shape index (κ2) is 5.63. The summed E-state index contributed by atoms with van der Waals surface area (Å²) in [5.41, 5.74) is -0.362. The smallest absolute Gasteiger partial charge is 0.273 e. The molecule has 94 valence electrons. The molecule has 2 N–H and O–H groups in total. The summed E-state index contributed by atoms with van der Waals surface area (Å²) in [7, 11) is 0. The number of nitrogens with zero attached hydrogens (tertiary/aromatic N) is 2. The second-order valence-corrected chi connectivity index (χ2v) is 3.70. The highest BCUT2D eigenvalue weighted by Crippen LogP contribution is 2.23. The zero-order valence-corrected chi connectivity index (χ0v) is 9.58. The van der Waals surface area contributed by atoms with Gasteiger partial charge in [0.25, 0.3) is 11.6 Å². The monoisotopic (exact) mass is 249 g/mol. The summed E-state index contributed by atoms with van der Waals surface area (Å²) < 4.78 is 0. The Balaban J connectivity index is 2.88. The van der Waals surface area contributed by atoms with Crippen LogP contribution >= 0.6 is 0 Å². The van der Waals surface area contributed by atoms with Gasteiger partial charge < -0.3 is 10.4 Å². The van der Waals surface area contributed by atoms with Crippen molar-refractivity contribution < 1.29 is 14.8 Å². The fourth-order valence-electron chi connectivity index (χ4n) is 1.32. The fourth-order valence-corrected chi connectivity index (χ4v) is 1.32. The lowest BCUT2D eigenvalue weighted by molar-refractivity contribution is -0.384. The molecule has 0 bridgehead atoms. The minimum absolute atomic E-state index is 0.0645. The summed E-state index contributed by atoms with van der Waals surface area (Å²) in [5, 5.41) is 30.9. The lowest BCUT2D eigenvalue weighted by Crippen LogP contribution is -2.32. The molecule has 1 amide bonds. The Morgan fingerprint density at radius 3 is 2.83 bits per heavy atom. The van der Waals surface area contributed by atoms with Crippen LogP contribution in [0.1, 0.15) is 23.7 Å². The van der Waals surface area contributed by atoms with E-state index >= 15 is 0 Å². The topological polar surface area (TPSA) is 116 Å². The third-order valence-corrected chi connectivity index (χ3v) is 2.21. The predicted octanol–water partition coefficient (Wildman–Crippen LogP) is 1.33. The number of nitrogens with one attached hydrogen (secondary N) is 1. The third kappa shape index (κ3) is 3.18. The number of hydrogen-bond acceptors (Lipinski definition) is 5. The number of nitro benzene ring substituents is 1. The van der Waals surface area contributed by atoms with Gasteiger partial charge in [0.05, 0.1) is 29.0 Å². The van der Waals surface area contributed by atoms with Crippen molar-refractivity contribution in [3.8, 4) is 11.8 Å². The van der Waals surface area contributed by atoms with Gasteiger partial charge in [0, 0.05) is 12.1 Å². The van der Waals surface area contributed by atoms with Crippen LogP contribution in [0.5, 0.6) is 5.75 Å². The standard InChI is InChI=1S/C11H11N3O4/c1-7(4-5-12)13-11(16)9-3-2-8(14(17)18)6-10(9)15/h2-3,6-7,15H,4H2,1H3,(H,13,16). The van der Waals surface area contributed by atoms with E-state index in [4.69, 9.17) is 5.26 Å². The second-order valence-electron chi connectivity index (χ2n) is 3.70. The summed E-state index contributed by atoms with van der Waals surface area (Å²) in [4.78, 5) is 21.5. The van der Waals surface area contributed by atoms with E-state index in [2.05, 4.69) is 5.32 Å². The van der Waals surface area contributed by atoms with Crippen molar-refractivity contribution in [1.29, 1.82) is 5.26 Å². The van der Waals surface area contributed by atoms with Crippen LogP contribution in [0.15, 0.2) is 18.2 Å². The van der Waals surface area contributed by atoms with E-state index in [0.717, 1.165) is 12.1 Å². The largest absolute Gasteiger partial charge is 0.507 e. The van der Waals surface area contributed by atoms with Crippen molar-refractivity contribution in [2.45, 2.75) is 19.4 Å². The normalized spacial score (nSPS) is 11.3. The first kappa shape index (κ1) is 13.4. The Bertz CT molecular complexity index is 522. The Kier molecular flexibility index (Phi) is 4.21. The zero-order chi connectivity index (χ0) is 13.7. The molecule has 0 saturated carbocycles. The Morgan fingerprint density at radius 2 is 2.33 bits per heavy atom. The van der Waals surface area contributed by atoms with Crippen LogP contribution in [-0.4, -0.2) is 22.0 Å². The SMILES string of the molecule is CC(CC#N)NC(=O)c1ccc([N+](=O)[O-])cc1O. The van der Waals surface area contributed by atoms with Gasteiger partial charge >= 0.3 is 0 Å². The molecule has 1 unspecified atom stereocenters. The number of phenolic OH excluding ortho intramolecular Hbond substituents is 1. The lowest BCUT2D eigenvalue weighted by Gasteiger charge is -2.10. The van der Waals surface area contributed by atoms with Gasteiger partial charge in [0.1, 0.15) is 5.75 Å². The van der Waals surface area contributed by atoms with E-state index in [9.17, 15) is 20.0 Å². The van der Waals surface area contributed by atoms with Crippen LogP contribution in [0.4, 0.5) is 5.69 Å². The molecule has 0 aromatic heterocycles. The van der Waals surface area contributed by atoms with Crippen LogP contribution < -0.4 is 5.32 Å². The van der Waals surface area contributed by atoms with Crippen molar-refractivity contribution >= 4 is 11.6 Å². The first-order chi connectivity index (χ1) is 8.45.